The van der Waals surface area contributed by atoms with Crippen LogP contribution in [0, 0.1) is 5.92 Å². The number of carbonyl (C=O) groups is 2. The number of alkyl halides is 5. The van der Waals surface area contributed by atoms with Crippen LogP contribution in [0.3, 0.4) is 0 Å². The molecule has 0 bridgehead atoms. The molecule has 0 N–H and O–H groups in total. The van der Waals surface area contributed by atoms with E-state index in [1.807, 2.05) is 0 Å². The monoisotopic (exact) mass is 502 g/mol. The standard InChI is InChI=1S/C25H15ClF4N2O3/c26-25(29,30)23(34)19-18-17(22(33)24(27,28)14-9-10-35-21(14)18)12-5-1-2-6-13(12)20(19)32-11-31-15-7-3-4-8-16(15)32/h1-8,11,14,21H,9-10H2/t14-,21+/m0/s1. The van der Waals surface area contributed by atoms with E-state index in [-0.39, 0.29) is 35.1 Å². The lowest BCUT2D eigenvalue weighted by Crippen LogP contribution is -2.45. The van der Waals surface area contributed by atoms with E-state index in [0.29, 0.717) is 11.0 Å². The number of aromatic nitrogens is 2. The van der Waals surface area contributed by atoms with Crippen LogP contribution in [0.4, 0.5) is 17.6 Å². The van der Waals surface area contributed by atoms with Gasteiger partial charge in [-0.25, -0.2) is 4.98 Å². The first kappa shape index (κ1) is 22.2. The number of carbonyl (C=O) groups excluding carboxylic acids is 2. The summed E-state index contributed by atoms with van der Waals surface area (Å²) in [5.41, 5.74) is -0.413. The maximum atomic E-state index is 15.2. The molecule has 0 saturated carbocycles. The Bertz CT molecular complexity index is 1560. The second-order valence-electron chi connectivity index (χ2n) is 8.63. The zero-order valence-electron chi connectivity index (χ0n) is 17.8. The molecule has 10 heteroatoms. The third-order valence-electron chi connectivity index (χ3n) is 6.78. The van der Waals surface area contributed by atoms with Crippen molar-refractivity contribution in [3.8, 4) is 5.69 Å². The van der Waals surface area contributed by atoms with Crippen LogP contribution in [0.15, 0.2) is 54.9 Å². The van der Waals surface area contributed by atoms with Gasteiger partial charge in [0.15, 0.2) is 0 Å². The topological polar surface area (TPSA) is 61.2 Å². The van der Waals surface area contributed by atoms with Crippen molar-refractivity contribution in [1.82, 2.24) is 9.55 Å². The molecule has 35 heavy (non-hydrogen) atoms. The molecule has 178 valence electrons. The summed E-state index contributed by atoms with van der Waals surface area (Å²) in [4.78, 5) is 30.7. The molecular formula is C25H15ClF4N2O3. The maximum Gasteiger partial charge on any atom is 0.385 e. The van der Waals surface area contributed by atoms with Crippen molar-refractivity contribution >= 4 is 45.0 Å². The van der Waals surface area contributed by atoms with Gasteiger partial charge in [-0.1, -0.05) is 36.4 Å². The van der Waals surface area contributed by atoms with Crippen molar-refractivity contribution < 1.29 is 31.9 Å². The van der Waals surface area contributed by atoms with Crippen LogP contribution in [-0.2, 0) is 4.74 Å². The molecule has 1 fully saturated rings. The first-order valence-electron chi connectivity index (χ1n) is 10.8. The van der Waals surface area contributed by atoms with Crippen LogP contribution in [0.25, 0.3) is 27.5 Å². The molecule has 3 aromatic carbocycles. The molecule has 2 heterocycles. The van der Waals surface area contributed by atoms with Crippen LogP contribution in [0.2, 0.25) is 0 Å². The van der Waals surface area contributed by atoms with E-state index in [1.54, 1.807) is 36.4 Å². The van der Waals surface area contributed by atoms with Gasteiger partial charge < -0.3 is 4.74 Å². The Hall–Kier alpha value is -3.30. The number of ether oxygens (including phenoxy) is 1. The number of halogens is 5. The highest BCUT2D eigenvalue weighted by atomic mass is 35.5. The van der Waals surface area contributed by atoms with E-state index < -0.39 is 46.0 Å². The predicted molar refractivity (Wildman–Crippen MR) is 120 cm³/mol. The Labute approximate surface area is 200 Å². The van der Waals surface area contributed by atoms with Crippen molar-refractivity contribution in [2.45, 2.75) is 23.8 Å². The number of hydrogen-bond donors (Lipinski definition) is 0. The average molecular weight is 503 g/mol. The summed E-state index contributed by atoms with van der Waals surface area (Å²) in [5.74, 6) is -8.71. The van der Waals surface area contributed by atoms with Gasteiger partial charge in [0.2, 0.25) is 5.78 Å². The molecule has 5 nitrogen and oxygen atoms in total. The fourth-order valence-electron chi connectivity index (χ4n) is 5.31. The summed E-state index contributed by atoms with van der Waals surface area (Å²) in [6.07, 6.45) is -0.244. The number of ketones is 2. The molecule has 0 amide bonds. The zero-order chi connectivity index (χ0) is 24.7. The van der Waals surface area contributed by atoms with Gasteiger partial charge in [-0.15, -0.1) is 0 Å². The SMILES string of the molecule is O=C(c1c2c(c3ccccc3c1-n1cnc3ccccc31)C(=O)C(F)(F)[C@H]1CCO[C@@H]21)C(F)(F)Cl. The number of Topliss-reactive ketones (excluding diaryl/α,β-unsaturated/α-hetero) is 2. The van der Waals surface area contributed by atoms with Crippen LogP contribution >= 0.6 is 11.6 Å². The summed E-state index contributed by atoms with van der Waals surface area (Å²) < 4.78 is 66.3. The van der Waals surface area contributed by atoms with Crippen LogP contribution in [0.1, 0.15) is 38.8 Å². The van der Waals surface area contributed by atoms with Gasteiger partial charge in [0, 0.05) is 23.1 Å². The molecule has 1 aliphatic heterocycles. The summed E-state index contributed by atoms with van der Waals surface area (Å²) in [7, 11) is 0. The highest BCUT2D eigenvalue weighted by molar-refractivity contribution is 6.37. The van der Waals surface area contributed by atoms with E-state index in [2.05, 4.69) is 4.98 Å². The number of nitrogens with zero attached hydrogens (tertiary/aromatic N) is 2. The maximum absolute atomic E-state index is 15.2. The molecule has 1 aromatic heterocycles. The van der Waals surface area contributed by atoms with Gasteiger partial charge in [0.25, 0.3) is 5.78 Å². The second kappa shape index (κ2) is 7.35. The van der Waals surface area contributed by atoms with Gasteiger partial charge >= 0.3 is 11.3 Å². The highest BCUT2D eigenvalue weighted by Gasteiger charge is 2.60. The molecule has 6 rings (SSSR count). The van der Waals surface area contributed by atoms with Gasteiger partial charge in [-0.2, -0.15) is 17.6 Å². The Balaban J connectivity index is 1.85. The van der Waals surface area contributed by atoms with Gasteiger partial charge in [0.05, 0.1) is 34.3 Å². The van der Waals surface area contributed by atoms with Gasteiger partial charge in [-0.05, 0) is 35.5 Å². The van der Waals surface area contributed by atoms with E-state index >= 15 is 8.78 Å². The van der Waals surface area contributed by atoms with Crippen molar-refractivity contribution in [2.24, 2.45) is 5.92 Å². The average Bonchev–Trinajstić information content (AvgIpc) is 3.48. The molecule has 2 aliphatic rings. The normalized spacial score (nSPS) is 21.3. The molecule has 4 aromatic rings. The quantitative estimate of drug-likeness (QED) is 0.193. The number of imidazole rings is 1. The molecule has 0 spiro atoms. The molecule has 0 radical (unpaired) electrons. The van der Waals surface area contributed by atoms with E-state index in [0.717, 1.165) is 0 Å². The molecule has 1 saturated heterocycles. The smallest absolute Gasteiger partial charge is 0.373 e. The Morgan fingerprint density at radius 2 is 1.80 bits per heavy atom. The Morgan fingerprint density at radius 3 is 2.54 bits per heavy atom. The minimum absolute atomic E-state index is 0.0226. The predicted octanol–water partition coefficient (Wildman–Crippen LogP) is 6.10. The number of rotatable bonds is 3. The Kier molecular flexibility index (Phi) is 4.66. The molecular weight excluding hydrogens is 488 g/mol. The first-order valence-corrected chi connectivity index (χ1v) is 11.2. The second-order valence-corrected chi connectivity index (χ2v) is 9.10. The third kappa shape index (κ3) is 3.01. The number of para-hydroxylation sites is 2. The van der Waals surface area contributed by atoms with Crippen LogP contribution in [-0.4, -0.2) is 39.0 Å². The van der Waals surface area contributed by atoms with Crippen molar-refractivity contribution in [1.29, 1.82) is 0 Å². The lowest BCUT2D eigenvalue weighted by atomic mass is 9.73. The number of benzene rings is 3. The van der Waals surface area contributed by atoms with Crippen molar-refractivity contribution in [2.75, 3.05) is 6.61 Å². The third-order valence-corrected chi connectivity index (χ3v) is 6.95. The van der Waals surface area contributed by atoms with Gasteiger partial charge in [-0.3, -0.25) is 14.2 Å². The highest BCUT2D eigenvalue weighted by Crippen LogP contribution is 2.54. The summed E-state index contributed by atoms with van der Waals surface area (Å²) in [6.45, 7) is -0.112. The summed E-state index contributed by atoms with van der Waals surface area (Å²) in [6, 6.07) is 12.9. The van der Waals surface area contributed by atoms with Crippen LogP contribution in [0.5, 0.6) is 0 Å². The van der Waals surface area contributed by atoms with Crippen molar-refractivity contribution in [3.05, 3.63) is 71.5 Å². The molecule has 0 unspecified atom stereocenters. The van der Waals surface area contributed by atoms with E-state index in [1.165, 1.54) is 23.0 Å². The summed E-state index contributed by atoms with van der Waals surface area (Å²) >= 11 is 5.22. The zero-order valence-corrected chi connectivity index (χ0v) is 18.5. The Morgan fingerprint density at radius 1 is 1.11 bits per heavy atom. The number of fused-ring (bicyclic) bond motifs is 6. The number of hydrogen-bond acceptors (Lipinski definition) is 4. The lowest BCUT2D eigenvalue weighted by Gasteiger charge is -2.36. The molecule has 2 atom stereocenters. The summed E-state index contributed by atoms with van der Waals surface area (Å²) in [5, 5.41) is -4.11. The fraction of sp³-hybridized carbons (Fsp3) is 0.240. The van der Waals surface area contributed by atoms with E-state index in [9.17, 15) is 18.4 Å². The fourth-order valence-corrected chi connectivity index (χ4v) is 5.40. The van der Waals surface area contributed by atoms with Crippen LogP contribution < -0.4 is 0 Å². The molecule has 1 aliphatic carbocycles. The van der Waals surface area contributed by atoms with Crippen molar-refractivity contribution in [3.63, 3.8) is 0 Å². The minimum atomic E-state index is -4.36. The minimum Gasteiger partial charge on any atom is -0.373 e. The lowest BCUT2D eigenvalue weighted by molar-refractivity contribution is -0.0631. The van der Waals surface area contributed by atoms with E-state index in [4.69, 9.17) is 16.3 Å². The first-order chi connectivity index (χ1) is 16.6. The van der Waals surface area contributed by atoms with Gasteiger partial charge in [0.1, 0.15) is 6.33 Å². The largest absolute Gasteiger partial charge is 0.385 e.